The Labute approximate surface area is 112 Å². The summed E-state index contributed by atoms with van der Waals surface area (Å²) in [6.45, 7) is 1.98. The molecule has 3 aromatic rings. The molecule has 0 saturated carbocycles. The highest BCUT2D eigenvalue weighted by Crippen LogP contribution is 2.31. The molecule has 0 aliphatic rings. The van der Waals surface area contributed by atoms with Crippen molar-refractivity contribution in [2.75, 3.05) is 5.32 Å². The Balaban J connectivity index is 1.89. The molecule has 0 spiro atoms. The van der Waals surface area contributed by atoms with Gasteiger partial charge in [0.2, 0.25) is 0 Å². The number of pyridine rings is 1. The van der Waals surface area contributed by atoms with Crippen molar-refractivity contribution in [3.05, 3.63) is 41.4 Å². The highest BCUT2D eigenvalue weighted by Gasteiger charge is 2.11. The molecule has 2 N–H and O–H groups in total. The van der Waals surface area contributed by atoms with Crippen molar-refractivity contribution in [3.8, 4) is 11.3 Å². The Bertz CT molecular complexity index is 692. The lowest BCUT2D eigenvalue weighted by Crippen LogP contribution is -1.93. The Hall–Kier alpha value is -2.28. The summed E-state index contributed by atoms with van der Waals surface area (Å²) >= 11 is 1.49. The highest BCUT2D eigenvalue weighted by molar-refractivity contribution is 7.16. The number of aromatic amines is 1. The molecule has 3 heterocycles. The van der Waals surface area contributed by atoms with Crippen LogP contribution in [0.3, 0.4) is 0 Å². The molecule has 0 saturated heterocycles. The van der Waals surface area contributed by atoms with Crippen LogP contribution in [0.15, 0.2) is 30.7 Å². The fourth-order valence-electron chi connectivity index (χ4n) is 1.68. The summed E-state index contributed by atoms with van der Waals surface area (Å²) in [5, 5.41) is 10.3. The van der Waals surface area contributed by atoms with E-state index in [0.29, 0.717) is 10.9 Å². The number of anilines is 2. The number of hydrogen-bond donors (Lipinski definition) is 2. The molecule has 5 nitrogen and oxygen atoms in total. The lowest BCUT2D eigenvalue weighted by atomic mass is 10.2. The monoisotopic (exact) mass is 275 g/mol. The molecule has 0 atom stereocenters. The number of hydrogen-bond acceptors (Lipinski definition) is 5. The van der Waals surface area contributed by atoms with Crippen LogP contribution in [0.25, 0.3) is 11.3 Å². The van der Waals surface area contributed by atoms with Gasteiger partial charge in [0.05, 0.1) is 11.9 Å². The van der Waals surface area contributed by atoms with Crippen molar-refractivity contribution < 1.29 is 4.39 Å². The molecule has 0 aromatic carbocycles. The molecule has 0 radical (unpaired) electrons. The van der Waals surface area contributed by atoms with Crippen LogP contribution in [0.4, 0.5) is 15.3 Å². The maximum atomic E-state index is 13.1. The Morgan fingerprint density at radius 2 is 2.32 bits per heavy atom. The number of thiazole rings is 1. The maximum absolute atomic E-state index is 13.1. The third-order valence-corrected chi connectivity index (χ3v) is 3.41. The largest absolute Gasteiger partial charge is 0.316 e. The predicted octanol–water partition coefficient (Wildman–Crippen LogP) is 3.12. The van der Waals surface area contributed by atoms with E-state index < -0.39 is 0 Å². The molecular weight excluding hydrogens is 265 g/mol. The summed E-state index contributed by atoms with van der Waals surface area (Å²) in [5.41, 5.74) is 1.78. The number of nitrogens with one attached hydrogen (secondary N) is 2. The van der Waals surface area contributed by atoms with Crippen LogP contribution in [-0.4, -0.2) is 20.2 Å². The minimum absolute atomic E-state index is 0.333. The number of aromatic nitrogens is 4. The van der Waals surface area contributed by atoms with Gasteiger partial charge >= 0.3 is 0 Å². The topological polar surface area (TPSA) is 66.5 Å². The van der Waals surface area contributed by atoms with E-state index in [1.807, 2.05) is 6.92 Å². The van der Waals surface area contributed by atoms with Crippen LogP contribution >= 0.6 is 11.3 Å². The van der Waals surface area contributed by atoms with Gasteiger partial charge in [-0.05, 0) is 13.0 Å². The summed E-state index contributed by atoms with van der Waals surface area (Å²) in [4.78, 5) is 9.55. The molecule has 0 unspecified atom stereocenters. The van der Waals surface area contributed by atoms with E-state index in [2.05, 4.69) is 25.5 Å². The SMILES string of the molecule is Cc1sc(Nc2cc(F)ccn2)nc1-c1cn[nH]c1. The first kappa shape index (κ1) is 11.8. The first-order chi connectivity index (χ1) is 9.22. The minimum Gasteiger partial charge on any atom is -0.316 e. The van der Waals surface area contributed by atoms with Crippen molar-refractivity contribution in [3.63, 3.8) is 0 Å². The summed E-state index contributed by atoms with van der Waals surface area (Å²) in [6.07, 6.45) is 4.91. The molecule has 0 bridgehead atoms. The highest BCUT2D eigenvalue weighted by atomic mass is 32.1. The standard InChI is InChI=1S/C12H10FN5S/c1-7-11(8-5-15-16-6-8)18-12(19-7)17-10-4-9(13)2-3-14-10/h2-6H,1H3,(H,15,16)(H,14,17,18). The first-order valence-corrected chi connectivity index (χ1v) is 6.39. The molecule has 0 fully saturated rings. The molecule has 19 heavy (non-hydrogen) atoms. The van der Waals surface area contributed by atoms with Gasteiger partial charge in [-0.3, -0.25) is 5.10 Å². The number of rotatable bonds is 3. The van der Waals surface area contributed by atoms with Crippen LogP contribution in [0, 0.1) is 12.7 Å². The van der Waals surface area contributed by atoms with E-state index in [1.165, 1.54) is 29.7 Å². The van der Waals surface area contributed by atoms with Gasteiger partial charge in [-0.15, -0.1) is 11.3 Å². The van der Waals surface area contributed by atoms with Crippen molar-refractivity contribution in [2.45, 2.75) is 6.92 Å². The first-order valence-electron chi connectivity index (χ1n) is 5.57. The fraction of sp³-hybridized carbons (Fsp3) is 0.0833. The van der Waals surface area contributed by atoms with Gasteiger partial charge in [0.1, 0.15) is 11.6 Å². The van der Waals surface area contributed by atoms with Crippen molar-refractivity contribution >= 4 is 22.3 Å². The van der Waals surface area contributed by atoms with Gasteiger partial charge in [-0.25, -0.2) is 14.4 Å². The van der Waals surface area contributed by atoms with Crippen LogP contribution in [0.1, 0.15) is 4.88 Å². The minimum atomic E-state index is -0.333. The van der Waals surface area contributed by atoms with Crippen LogP contribution in [0.5, 0.6) is 0 Å². The Morgan fingerprint density at radius 1 is 1.42 bits per heavy atom. The van der Waals surface area contributed by atoms with E-state index in [4.69, 9.17) is 0 Å². The zero-order chi connectivity index (χ0) is 13.2. The summed E-state index contributed by atoms with van der Waals surface area (Å²) < 4.78 is 13.1. The number of halogens is 1. The van der Waals surface area contributed by atoms with Gasteiger partial charge in [0, 0.05) is 28.9 Å². The Kier molecular flexibility index (Phi) is 2.96. The van der Waals surface area contributed by atoms with E-state index in [-0.39, 0.29) is 5.82 Å². The van der Waals surface area contributed by atoms with Crippen LogP contribution in [-0.2, 0) is 0 Å². The summed E-state index contributed by atoms with van der Waals surface area (Å²) in [5.74, 6) is 0.105. The third-order valence-electron chi connectivity index (χ3n) is 2.53. The second-order valence-corrected chi connectivity index (χ2v) is 5.10. The van der Waals surface area contributed by atoms with Crippen LogP contribution < -0.4 is 5.32 Å². The molecular formula is C12H10FN5S. The molecule has 0 aliphatic heterocycles. The zero-order valence-corrected chi connectivity index (χ0v) is 10.8. The third kappa shape index (κ3) is 2.45. The smallest absolute Gasteiger partial charge is 0.189 e. The average Bonchev–Trinajstić information content (AvgIpc) is 2.98. The second kappa shape index (κ2) is 4.77. The van der Waals surface area contributed by atoms with Crippen molar-refractivity contribution in [1.29, 1.82) is 0 Å². The van der Waals surface area contributed by atoms with E-state index in [0.717, 1.165) is 16.1 Å². The molecule has 96 valence electrons. The number of aryl methyl sites for hydroxylation is 1. The van der Waals surface area contributed by atoms with Gasteiger partial charge in [0.15, 0.2) is 5.13 Å². The quantitative estimate of drug-likeness (QED) is 0.770. The normalized spacial score (nSPS) is 10.6. The molecule has 7 heteroatoms. The van der Waals surface area contributed by atoms with Crippen LogP contribution in [0.2, 0.25) is 0 Å². The maximum Gasteiger partial charge on any atom is 0.189 e. The Morgan fingerprint density at radius 3 is 3.05 bits per heavy atom. The summed E-state index contributed by atoms with van der Waals surface area (Å²) in [6, 6.07) is 2.63. The number of nitrogens with zero attached hydrogens (tertiary/aromatic N) is 3. The van der Waals surface area contributed by atoms with E-state index >= 15 is 0 Å². The molecule has 3 aromatic heterocycles. The lowest BCUT2D eigenvalue weighted by molar-refractivity contribution is 0.626. The molecule has 0 amide bonds. The van der Waals surface area contributed by atoms with Crippen molar-refractivity contribution in [1.82, 2.24) is 20.2 Å². The van der Waals surface area contributed by atoms with Gasteiger partial charge in [0.25, 0.3) is 0 Å². The lowest BCUT2D eigenvalue weighted by Gasteiger charge is -2.00. The number of H-pyrrole nitrogens is 1. The van der Waals surface area contributed by atoms with Gasteiger partial charge in [-0.1, -0.05) is 0 Å². The van der Waals surface area contributed by atoms with Gasteiger partial charge < -0.3 is 5.32 Å². The van der Waals surface area contributed by atoms with Crippen molar-refractivity contribution in [2.24, 2.45) is 0 Å². The van der Waals surface area contributed by atoms with E-state index in [1.54, 1.807) is 12.4 Å². The molecule has 0 aliphatic carbocycles. The molecule has 3 rings (SSSR count). The predicted molar refractivity (Wildman–Crippen MR) is 71.9 cm³/mol. The summed E-state index contributed by atoms with van der Waals surface area (Å²) in [7, 11) is 0. The van der Waals surface area contributed by atoms with E-state index in [9.17, 15) is 4.39 Å². The second-order valence-electron chi connectivity index (χ2n) is 3.90. The fourth-order valence-corrected chi connectivity index (χ4v) is 2.52. The zero-order valence-electron chi connectivity index (χ0n) is 10.0. The average molecular weight is 275 g/mol. The van der Waals surface area contributed by atoms with Gasteiger partial charge in [-0.2, -0.15) is 5.10 Å².